The molecule has 2 aromatic heterocycles. The van der Waals surface area contributed by atoms with Gasteiger partial charge in [0.05, 0.1) is 33.6 Å². The maximum atomic E-state index is 13.2. The van der Waals surface area contributed by atoms with Crippen LogP contribution in [0.1, 0.15) is 16.2 Å². The molecule has 3 aromatic rings. The quantitative estimate of drug-likeness (QED) is 0.541. The Morgan fingerprint density at radius 3 is 2.32 bits per heavy atom. The van der Waals surface area contributed by atoms with Gasteiger partial charge in [-0.25, -0.2) is 4.68 Å². The number of benzene rings is 1. The second-order valence-electron chi connectivity index (χ2n) is 6.86. The SMILES string of the molecule is COc1cc(-c2c(C(=O)N3CC=CC3)nnn2Cc2ccccn2)cc(OC)c1OC. The van der Waals surface area contributed by atoms with E-state index in [1.807, 2.05) is 30.4 Å². The summed E-state index contributed by atoms with van der Waals surface area (Å²) in [6, 6.07) is 9.22. The molecule has 0 aliphatic carbocycles. The Morgan fingerprint density at radius 2 is 1.74 bits per heavy atom. The van der Waals surface area contributed by atoms with Crippen molar-refractivity contribution in [2.45, 2.75) is 6.54 Å². The number of hydrogen-bond acceptors (Lipinski definition) is 7. The van der Waals surface area contributed by atoms with E-state index in [4.69, 9.17) is 14.2 Å². The standard InChI is InChI=1S/C22H23N5O4/c1-29-17-12-15(13-18(30-2)21(17)31-3)20-19(22(28)26-10-6-7-11-26)24-25-27(20)14-16-8-4-5-9-23-16/h4-9,12-13H,10-11,14H2,1-3H3. The number of carbonyl (C=O) groups excluding carboxylic acids is 1. The van der Waals surface area contributed by atoms with Gasteiger partial charge in [0.2, 0.25) is 5.75 Å². The third-order valence-corrected chi connectivity index (χ3v) is 5.02. The first-order chi connectivity index (χ1) is 15.2. The molecule has 4 rings (SSSR count). The lowest BCUT2D eigenvalue weighted by Gasteiger charge is -2.17. The fourth-order valence-electron chi connectivity index (χ4n) is 3.51. The number of pyridine rings is 1. The van der Waals surface area contributed by atoms with Gasteiger partial charge in [0.15, 0.2) is 17.2 Å². The molecule has 0 fully saturated rings. The van der Waals surface area contributed by atoms with Gasteiger partial charge in [-0.05, 0) is 24.3 Å². The highest BCUT2D eigenvalue weighted by Crippen LogP contribution is 2.41. The summed E-state index contributed by atoms with van der Waals surface area (Å²) < 4.78 is 18.1. The van der Waals surface area contributed by atoms with Crippen molar-refractivity contribution in [3.05, 3.63) is 60.1 Å². The number of methoxy groups -OCH3 is 3. The van der Waals surface area contributed by atoms with E-state index in [9.17, 15) is 4.79 Å². The molecule has 0 bridgehead atoms. The second-order valence-corrected chi connectivity index (χ2v) is 6.86. The van der Waals surface area contributed by atoms with Crippen LogP contribution in [0.2, 0.25) is 0 Å². The largest absolute Gasteiger partial charge is 0.493 e. The molecule has 3 heterocycles. The maximum Gasteiger partial charge on any atom is 0.277 e. The topological polar surface area (TPSA) is 91.6 Å². The van der Waals surface area contributed by atoms with Gasteiger partial charge in [-0.2, -0.15) is 0 Å². The summed E-state index contributed by atoms with van der Waals surface area (Å²) in [6.45, 7) is 1.44. The molecule has 0 atom stereocenters. The van der Waals surface area contributed by atoms with E-state index in [2.05, 4.69) is 15.3 Å². The molecule has 1 aromatic carbocycles. The Kier molecular flexibility index (Phi) is 5.83. The lowest BCUT2D eigenvalue weighted by molar-refractivity contribution is 0.0795. The van der Waals surface area contributed by atoms with E-state index >= 15 is 0 Å². The predicted octanol–water partition coefficient (Wildman–Crippen LogP) is 2.43. The first-order valence-electron chi connectivity index (χ1n) is 9.74. The summed E-state index contributed by atoms with van der Waals surface area (Å²) in [4.78, 5) is 19.3. The van der Waals surface area contributed by atoms with Gasteiger partial charge < -0.3 is 19.1 Å². The van der Waals surface area contributed by atoms with Crippen LogP contribution in [0.15, 0.2) is 48.7 Å². The Labute approximate surface area is 179 Å². The summed E-state index contributed by atoms with van der Waals surface area (Å²) in [5.74, 6) is 1.22. The van der Waals surface area contributed by atoms with E-state index < -0.39 is 0 Å². The van der Waals surface area contributed by atoms with Crippen LogP contribution in [0.25, 0.3) is 11.3 Å². The molecule has 0 radical (unpaired) electrons. The van der Waals surface area contributed by atoms with Crippen LogP contribution in [0.5, 0.6) is 17.2 Å². The summed E-state index contributed by atoms with van der Waals surface area (Å²) in [7, 11) is 4.64. The Hall–Kier alpha value is -3.88. The highest BCUT2D eigenvalue weighted by molar-refractivity contribution is 5.98. The second kappa shape index (κ2) is 8.86. The molecule has 0 spiro atoms. The van der Waals surface area contributed by atoms with Gasteiger partial charge in [-0.1, -0.05) is 23.4 Å². The van der Waals surface area contributed by atoms with Crippen LogP contribution in [0.3, 0.4) is 0 Å². The van der Waals surface area contributed by atoms with E-state index in [1.165, 1.54) is 0 Å². The zero-order valence-corrected chi connectivity index (χ0v) is 17.6. The van der Waals surface area contributed by atoms with Crippen LogP contribution in [0, 0.1) is 0 Å². The van der Waals surface area contributed by atoms with Crippen molar-refractivity contribution in [1.29, 1.82) is 0 Å². The molecule has 1 amide bonds. The Morgan fingerprint density at radius 1 is 1.03 bits per heavy atom. The van der Waals surface area contributed by atoms with Crippen molar-refractivity contribution in [2.24, 2.45) is 0 Å². The minimum absolute atomic E-state index is 0.193. The number of ether oxygens (including phenoxy) is 3. The summed E-state index contributed by atoms with van der Waals surface area (Å²) in [6.07, 6.45) is 5.62. The number of amides is 1. The summed E-state index contributed by atoms with van der Waals surface area (Å²) >= 11 is 0. The molecule has 0 saturated heterocycles. The lowest BCUT2D eigenvalue weighted by Crippen LogP contribution is -2.29. The van der Waals surface area contributed by atoms with Gasteiger partial charge in [-0.15, -0.1) is 5.10 Å². The lowest BCUT2D eigenvalue weighted by atomic mass is 10.1. The van der Waals surface area contributed by atoms with E-state index in [0.29, 0.717) is 48.1 Å². The van der Waals surface area contributed by atoms with Crippen molar-refractivity contribution in [2.75, 3.05) is 34.4 Å². The van der Waals surface area contributed by atoms with Crippen molar-refractivity contribution >= 4 is 5.91 Å². The number of nitrogens with zero attached hydrogens (tertiary/aromatic N) is 5. The first-order valence-corrected chi connectivity index (χ1v) is 9.74. The van der Waals surface area contributed by atoms with Gasteiger partial charge >= 0.3 is 0 Å². The molecule has 9 heteroatoms. The Bertz CT molecular complexity index is 1080. The number of carbonyl (C=O) groups is 1. The highest BCUT2D eigenvalue weighted by Gasteiger charge is 2.28. The maximum absolute atomic E-state index is 13.2. The molecule has 1 aliphatic rings. The molecular weight excluding hydrogens is 398 g/mol. The van der Waals surface area contributed by atoms with Crippen molar-refractivity contribution in [1.82, 2.24) is 24.9 Å². The predicted molar refractivity (Wildman–Crippen MR) is 113 cm³/mol. The zero-order chi connectivity index (χ0) is 21.8. The van der Waals surface area contributed by atoms with E-state index in [0.717, 1.165) is 5.69 Å². The Balaban J connectivity index is 1.85. The number of hydrogen-bond donors (Lipinski definition) is 0. The highest BCUT2D eigenvalue weighted by atomic mass is 16.5. The molecule has 9 nitrogen and oxygen atoms in total. The van der Waals surface area contributed by atoms with Crippen LogP contribution in [0.4, 0.5) is 0 Å². The minimum atomic E-state index is -0.193. The average Bonchev–Trinajstić information content (AvgIpc) is 3.49. The monoisotopic (exact) mass is 421 g/mol. The van der Waals surface area contributed by atoms with Crippen LogP contribution in [-0.2, 0) is 6.54 Å². The van der Waals surface area contributed by atoms with Gasteiger partial charge in [0, 0.05) is 24.8 Å². The number of aromatic nitrogens is 4. The average molecular weight is 421 g/mol. The summed E-state index contributed by atoms with van der Waals surface area (Å²) in [5, 5.41) is 8.52. The van der Waals surface area contributed by atoms with Gasteiger partial charge in [-0.3, -0.25) is 9.78 Å². The van der Waals surface area contributed by atoms with Gasteiger partial charge in [0.25, 0.3) is 5.91 Å². The van der Waals surface area contributed by atoms with Crippen molar-refractivity contribution < 1.29 is 19.0 Å². The fourth-order valence-corrected chi connectivity index (χ4v) is 3.51. The molecule has 31 heavy (non-hydrogen) atoms. The van der Waals surface area contributed by atoms with Crippen LogP contribution in [-0.4, -0.2) is 65.2 Å². The number of rotatable bonds is 7. The molecular formula is C22H23N5O4. The molecule has 160 valence electrons. The van der Waals surface area contributed by atoms with Crippen LogP contribution < -0.4 is 14.2 Å². The first kappa shape index (κ1) is 20.4. The minimum Gasteiger partial charge on any atom is -0.493 e. The molecule has 0 unspecified atom stereocenters. The van der Waals surface area contributed by atoms with Gasteiger partial charge in [0.1, 0.15) is 5.69 Å². The molecule has 0 saturated carbocycles. The van der Waals surface area contributed by atoms with Crippen molar-refractivity contribution in [3.63, 3.8) is 0 Å². The van der Waals surface area contributed by atoms with E-state index in [-0.39, 0.29) is 11.6 Å². The third-order valence-electron chi connectivity index (χ3n) is 5.02. The zero-order valence-electron chi connectivity index (χ0n) is 17.6. The normalized spacial score (nSPS) is 12.8. The summed E-state index contributed by atoms with van der Waals surface area (Å²) in [5.41, 5.74) is 2.28. The molecule has 0 N–H and O–H groups in total. The third kappa shape index (κ3) is 3.94. The fraction of sp³-hybridized carbons (Fsp3) is 0.273. The van der Waals surface area contributed by atoms with Crippen LogP contribution >= 0.6 is 0 Å². The smallest absolute Gasteiger partial charge is 0.277 e. The van der Waals surface area contributed by atoms with E-state index in [1.54, 1.807) is 49.2 Å². The molecule has 1 aliphatic heterocycles. The van der Waals surface area contributed by atoms with Crippen molar-refractivity contribution in [3.8, 4) is 28.5 Å².